The summed E-state index contributed by atoms with van der Waals surface area (Å²) in [6.07, 6.45) is 1.03. The first-order chi connectivity index (χ1) is 14.4. The lowest BCUT2D eigenvalue weighted by molar-refractivity contribution is -0.305. The van der Waals surface area contributed by atoms with E-state index < -0.39 is 23.5 Å². The van der Waals surface area contributed by atoms with Gasteiger partial charge in [-0.1, -0.05) is 11.8 Å². The van der Waals surface area contributed by atoms with Crippen LogP contribution in [0.25, 0.3) is 0 Å². The Morgan fingerprint density at radius 3 is 2.53 bits per heavy atom. The van der Waals surface area contributed by atoms with Crippen molar-refractivity contribution >= 4 is 40.7 Å². The molecule has 0 bridgehead atoms. The van der Waals surface area contributed by atoms with Crippen molar-refractivity contribution < 1.29 is 29.3 Å². The average Bonchev–Trinajstić information content (AvgIpc) is 3.03. The number of aromatic hydroxyl groups is 1. The molecule has 2 aromatic carbocycles. The summed E-state index contributed by atoms with van der Waals surface area (Å²) in [6, 6.07) is 11.1. The second-order valence-corrected chi connectivity index (χ2v) is 7.28. The Morgan fingerprint density at radius 2 is 1.90 bits per heavy atom. The van der Waals surface area contributed by atoms with Gasteiger partial charge in [0.25, 0.3) is 0 Å². The summed E-state index contributed by atoms with van der Waals surface area (Å²) in [4.78, 5) is 25.0. The van der Waals surface area contributed by atoms with Gasteiger partial charge in [0.2, 0.25) is 5.91 Å². The Balaban J connectivity index is 1.89. The number of carbonyl (C=O) groups is 2. The van der Waals surface area contributed by atoms with Gasteiger partial charge in [-0.2, -0.15) is 5.10 Å². The van der Waals surface area contributed by atoms with Crippen LogP contribution in [0.5, 0.6) is 17.2 Å². The number of amidine groups is 1. The molecule has 0 spiro atoms. The highest BCUT2D eigenvalue weighted by molar-refractivity contribution is 8.16. The molecule has 1 saturated heterocycles. The van der Waals surface area contributed by atoms with Crippen molar-refractivity contribution in [2.45, 2.75) is 11.7 Å². The number of rotatable bonds is 7. The fourth-order valence-electron chi connectivity index (χ4n) is 2.73. The SMILES string of the molecule is COc1ccc(/C=N\N=C2\S[C@H](CC(=O)[O-])C(=O)N2c2ccc(O)cc2)cc1OC. The predicted molar refractivity (Wildman–Crippen MR) is 111 cm³/mol. The number of anilines is 1. The summed E-state index contributed by atoms with van der Waals surface area (Å²) < 4.78 is 10.4. The van der Waals surface area contributed by atoms with Gasteiger partial charge in [-0.25, -0.2) is 0 Å². The van der Waals surface area contributed by atoms with Crippen LogP contribution in [0.4, 0.5) is 5.69 Å². The van der Waals surface area contributed by atoms with E-state index >= 15 is 0 Å². The van der Waals surface area contributed by atoms with Gasteiger partial charge in [-0.15, -0.1) is 5.10 Å². The van der Waals surface area contributed by atoms with Gasteiger partial charge in [0.05, 0.1) is 31.4 Å². The standard InChI is InChI=1S/C20H19N3O6S/c1-28-15-8-3-12(9-16(15)29-2)11-21-22-20-23(13-4-6-14(24)7-5-13)19(27)17(30-20)10-18(25)26/h3-9,11,17,24H,10H2,1-2H3,(H,25,26)/p-1/b21-11-,22-20+/t17-/m1/s1. The first-order valence-corrected chi connectivity index (χ1v) is 9.63. The maximum atomic E-state index is 12.7. The molecule has 1 amide bonds. The van der Waals surface area contributed by atoms with Crippen LogP contribution in [0.1, 0.15) is 12.0 Å². The first kappa shape index (κ1) is 21.2. The van der Waals surface area contributed by atoms with Gasteiger partial charge in [0, 0.05) is 12.4 Å². The third-order valence-corrected chi connectivity index (χ3v) is 5.28. The van der Waals surface area contributed by atoms with Crippen LogP contribution in [-0.4, -0.2) is 47.8 Å². The molecule has 3 rings (SSSR count). The van der Waals surface area contributed by atoms with Crippen LogP contribution >= 0.6 is 11.8 Å². The third kappa shape index (κ3) is 4.71. The number of carboxylic acid groups (broad SMARTS) is 1. The Hall–Kier alpha value is -3.53. The molecule has 1 atom stereocenters. The minimum absolute atomic E-state index is 0.0364. The lowest BCUT2D eigenvalue weighted by atomic mass is 10.2. The van der Waals surface area contributed by atoms with Gasteiger partial charge in [0.15, 0.2) is 16.7 Å². The number of aliphatic carboxylic acids is 1. The molecular formula is C20H18N3O6S-. The molecule has 1 fully saturated rings. The summed E-state index contributed by atoms with van der Waals surface area (Å²) in [5.74, 6) is -0.647. The monoisotopic (exact) mass is 428 g/mol. The van der Waals surface area contributed by atoms with E-state index in [1.54, 1.807) is 18.2 Å². The molecule has 0 aliphatic carbocycles. The molecule has 9 nitrogen and oxygen atoms in total. The van der Waals surface area contributed by atoms with E-state index in [4.69, 9.17) is 9.47 Å². The van der Waals surface area contributed by atoms with Crippen LogP contribution in [0.15, 0.2) is 52.7 Å². The van der Waals surface area contributed by atoms with Crippen molar-refractivity contribution in [3.05, 3.63) is 48.0 Å². The fraction of sp³-hybridized carbons (Fsp3) is 0.200. The van der Waals surface area contributed by atoms with Crippen LogP contribution in [0.3, 0.4) is 0 Å². The molecule has 0 saturated carbocycles. The van der Waals surface area contributed by atoms with Gasteiger partial charge in [-0.05, 0) is 48.0 Å². The summed E-state index contributed by atoms with van der Waals surface area (Å²) in [7, 11) is 3.06. The van der Waals surface area contributed by atoms with Crippen LogP contribution in [0.2, 0.25) is 0 Å². The zero-order valence-electron chi connectivity index (χ0n) is 16.1. The number of nitrogens with zero attached hydrogens (tertiary/aromatic N) is 3. The number of thioether (sulfide) groups is 1. The molecule has 1 heterocycles. The molecule has 1 aliphatic rings. The summed E-state index contributed by atoms with van der Waals surface area (Å²) in [5.41, 5.74) is 1.13. The molecule has 0 unspecified atom stereocenters. The van der Waals surface area contributed by atoms with Crippen molar-refractivity contribution in [3.63, 3.8) is 0 Å². The van der Waals surface area contributed by atoms with E-state index in [1.807, 2.05) is 0 Å². The number of carboxylic acids is 1. The van der Waals surface area contributed by atoms with E-state index in [2.05, 4.69) is 10.2 Å². The second kappa shape index (κ2) is 9.31. The Bertz CT molecular complexity index is 1010. The van der Waals surface area contributed by atoms with Crippen molar-refractivity contribution in [1.29, 1.82) is 0 Å². The van der Waals surface area contributed by atoms with Gasteiger partial charge in [-0.3, -0.25) is 9.69 Å². The van der Waals surface area contributed by atoms with Crippen molar-refractivity contribution in [3.8, 4) is 17.2 Å². The highest BCUT2D eigenvalue weighted by Crippen LogP contribution is 2.34. The number of carbonyl (C=O) groups excluding carboxylic acids is 2. The smallest absolute Gasteiger partial charge is 0.247 e. The van der Waals surface area contributed by atoms with Gasteiger partial charge >= 0.3 is 0 Å². The molecule has 0 aromatic heterocycles. The molecule has 30 heavy (non-hydrogen) atoms. The topological polar surface area (TPSA) is 124 Å². The second-order valence-electron chi connectivity index (χ2n) is 6.11. The summed E-state index contributed by atoms with van der Waals surface area (Å²) in [6.45, 7) is 0. The number of phenolic OH excluding ortho intramolecular Hbond substituents is 1. The number of phenols is 1. The number of methoxy groups -OCH3 is 2. The molecule has 1 N–H and O–H groups in total. The predicted octanol–water partition coefficient (Wildman–Crippen LogP) is 1.39. The van der Waals surface area contributed by atoms with Crippen LogP contribution in [0, 0.1) is 0 Å². The minimum atomic E-state index is -1.33. The molecule has 2 aromatic rings. The number of hydrogen-bond acceptors (Lipinski definition) is 9. The largest absolute Gasteiger partial charge is 0.550 e. The van der Waals surface area contributed by atoms with Crippen molar-refractivity contribution in [2.24, 2.45) is 10.2 Å². The maximum absolute atomic E-state index is 12.7. The van der Waals surface area contributed by atoms with Crippen LogP contribution < -0.4 is 19.5 Å². The maximum Gasteiger partial charge on any atom is 0.247 e. The quantitative estimate of drug-likeness (QED) is 0.522. The highest BCUT2D eigenvalue weighted by atomic mass is 32.2. The lowest BCUT2D eigenvalue weighted by Crippen LogP contribution is -2.35. The normalized spacial score (nSPS) is 17.7. The number of ether oxygens (including phenoxy) is 2. The summed E-state index contributed by atoms with van der Waals surface area (Å²) in [5, 5.41) is 28.0. The van der Waals surface area contributed by atoms with Crippen molar-refractivity contribution in [1.82, 2.24) is 0 Å². The van der Waals surface area contributed by atoms with E-state index in [0.29, 0.717) is 22.7 Å². The van der Waals surface area contributed by atoms with Gasteiger partial charge < -0.3 is 24.5 Å². The van der Waals surface area contributed by atoms with E-state index in [0.717, 1.165) is 11.8 Å². The number of benzene rings is 2. The highest BCUT2D eigenvalue weighted by Gasteiger charge is 2.39. The third-order valence-electron chi connectivity index (χ3n) is 4.15. The Kier molecular flexibility index (Phi) is 6.58. The molecule has 0 radical (unpaired) electrons. The summed E-state index contributed by atoms with van der Waals surface area (Å²) >= 11 is 0.988. The number of amides is 1. The van der Waals surface area contributed by atoms with E-state index in [9.17, 15) is 19.8 Å². The zero-order chi connectivity index (χ0) is 21.7. The zero-order valence-corrected chi connectivity index (χ0v) is 17.0. The average molecular weight is 428 g/mol. The first-order valence-electron chi connectivity index (χ1n) is 8.75. The molecular weight excluding hydrogens is 410 g/mol. The number of hydrogen-bond donors (Lipinski definition) is 1. The molecule has 10 heteroatoms. The molecule has 156 valence electrons. The van der Waals surface area contributed by atoms with E-state index in [1.165, 1.54) is 49.6 Å². The van der Waals surface area contributed by atoms with Crippen molar-refractivity contribution in [2.75, 3.05) is 19.1 Å². The van der Waals surface area contributed by atoms with Gasteiger partial charge in [0.1, 0.15) is 5.75 Å². The van der Waals surface area contributed by atoms with E-state index in [-0.39, 0.29) is 10.9 Å². The fourth-order valence-corrected chi connectivity index (χ4v) is 3.81. The minimum Gasteiger partial charge on any atom is -0.550 e. The molecule has 1 aliphatic heterocycles. The Labute approximate surface area is 176 Å². The Morgan fingerprint density at radius 1 is 1.20 bits per heavy atom. The van der Waals surface area contributed by atoms with Crippen LogP contribution in [-0.2, 0) is 9.59 Å². The lowest BCUT2D eigenvalue weighted by Gasteiger charge is -2.16.